The number of nitrogens with zero attached hydrogens (tertiary/aromatic N) is 3. The van der Waals surface area contributed by atoms with Gasteiger partial charge in [-0.05, 0) is 28.4 Å². The van der Waals surface area contributed by atoms with E-state index in [4.69, 9.17) is 0 Å². The topological polar surface area (TPSA) is 81.0 Å². The molecule has 0 aliphatic rings. The molecule has 0 aliphatic heterocycles. The van der Waals surface area contributed by atoms with Crippen LogP contribution in [0.15, 0.2) is 44.9 Å². The molecule has 0 aliphatic carbocycles. The van der Waals surface area contributed by atoms with Crippen molar-refractivity contribution in [1.29, 1.82) is 0 Å². The van der Waals surface area contributed by atoms with Gasteiger partial charge in [0.2, 0.25) is 5.95 Å². The fourth-order valence-corrected chi connectivity index (χ4v) is 2.86. The maximum absolute atomic E-state index is 11.0. The van der Waals surface area contributed by atoms with Crippen LogP contribution in [0.3, 0.4) is 0 Å². The molecule has 0 fully saturated rings. The molecule has 0 spiro atoms. The van der Waals surface area contributed by atoms with Gasteiger partial charge < -0.3 is 5.32 Å². The third kappa shape index (κ3) is 4.15. The first kappa shape index (κ1) is 15.7. The van der Waals surface area contributed by atoms with Crippen molar-refractivity contribution in [2.75, 3.05) is 11.9 Å². The lowest BCUT2D eigenvalue weighted by molar-refractivity contribution is -0.387. The fourth-order valence-electron chi connectivity index (χ4n) is 1.54. The lowest BCUT2D eigenvalue weighted by Gasteiger charge is -2.07. The summed E-state index contributed by atoms with van der Waals surface area (Å²) in [7, 11) is 0. The molecule has 2 aromatic rings. The lowest BCUT2D eigenvalue weighted by Crippen LogP contribution is -2.04. The Kier molecular flexibility index (Phi) is 5.51. The average Bonchev–Trinajstić information content (AvgIpc) is 2.48. The Morgan fingerprint density at radius 2 is 2.19 bits per heavy atom. The predicted molar refractivity (Wildman–Crippen MR) is 85.7 cm³/mol. The highest BCUT2D eigenvalue weighted by Crippen LogP contribution is 2.36. The molecule has 1 aromatic heterocycles. The van der Waals surface area contributed by atoms with Gasteiger partial charge in [-0.1, -0.05) is 30.8 Å². The molecule has 1 N–H and O–H groups in total. The third-order valence-electron chi connectivity index (χ3n) is 2.51. The first-order valence-electron chi connectivity index (χ1n) is 6.29. The Balaban J connectivity index is 2.29. The van der Waals surface area contributed by atoms with E-state index >= 15 is 0 Å². The van der Waals surface area contributed by atoms with Crippen LogP contribution in [0.1, 0.15) is 13.3 Å². The Morgan fingerprint density at radius 1 is 1.43 bits per heavy atom. The number of nitrogens with one attached hydrogen (secondary N) is 1. The second-order valence-corrected chi connectivity index (χ2v) is 5.99. The van der Waals surface area contributed by atoms with Crippen molar-refractivity contribution in [3.05, 3.63) is 45.0 Å². The van der Waals surface area contributed by atoms with Crippen LogP contribution >= 0.6 is 27.7 Å². The maximum Gasteiger partial charge on any atom is 0.283 e. The number of hydrogen-bond acceptors (Lipinski definition) is 6. The standard InChI is InChI=1S/C13H13BrN4O2S/c1-2-7-15-13-16-8-9(14)12(17-13)21-11-6-4-3-5-10(11)18(19)20/h3-6,8H,2,7H2,1H3,(H,15,16,17). The van der Waals surface area contributed by atoms with E-state index in [1.807, 2.05) is 0 Å². The molecule has 2 rings (SSSR count). The molecule has 0 radical (unpaired) electrons. The Hall–Kier alpha value is -1.67. The van der Waals surface area contributed by atoms with E-state index in [0.29, 0.717) is 20.3 Å². The summed E-state index contributed by atoms with van der Waals surface area (Å²) in [5.41, 5.74) is 0.0658. The van der Waals surface area contributed by atoms with Crippen LogP contribution in [-0.2, 0) is 0 Å². The molecule has 1 aromatic carbocycles. The monoisotopic (exact) mass is 368 g/mol. The number of halogens is 1. The van der Waals surface area contributed by atoms with Crippen molar-refractivity contribution in [1.82, 2.24) is 9.97 Å². The summed E-state index contributed by atoms with van der Waals surface area (Å²) in [4.78, 5) is 19.7. The normalized spacial score (nSPS) is 10.4. The highest BCUT2D eigenvalue weighted by Gasteiger charge is 2.16. The van der Waals surface area contributed by atoms with Crippen molar-refractivity contribution in [3.8, 4) is 0 Å². The largest absolute Gasteiger partial charge is 0.354 e. The number of anilines is 1. The van der Waals surface area contributed by atoms with Gasteiger partial charge in [-0.3, -0.25) is 10.1 Å². The van der Waals surface area contributed by atoms with Crippen molar-refractivity contribution in [2.24, 2.45) is 0 Å². The summed E-state index contributed by atoms with van der Waals surface area (Å²) in [5.74, 6) is 0.515. The fraction of sp³-hybridized carbons (Fsp3) is 0.231. The van der Waals surface area contributed by atoms with E-state index in [2.05, 4.69) is 38.1 Å². The minimum absolute atomic E-state index is 0.0658. The number of para-hydroxylation sites is 1. The lowest BCUT2D eigenvalue weighted by atomic mass is 10.3. The molecule has 0 atom stereocenters. The highest BCUT2D eigenvalue weighted by atomic mass is 79.9. The highest BCUT2D eigenvalue weighted by molar-refractivity contribution is 9.10. The van der Waals surface area contributed by atoms with Crippen molar-refractivity contribution in [3.63, 3.8) is 0 Å². The molecule has 0 amide bonds. The number of aromatic nitrogens is 2. The van der Waals surface area contributed by atoms with Gasteiger partial charge in [0.05, 0.1) is 14.3 Å². The second kappa shape index (κ2) is 7.37. The van der Waals surface area contributed by atoms with Gasteiger partial charge in [0.1, 0.15) is 5.03 Å². The first-order chi connectivity index (χ1) is 10.1. The van der Waals surface area contributed by atoms with Gasteiger partial charge in [0.25, 0.3) is 5.69 Å². The first-order valence-corrected chi connectivity index (χ1v) is 7.90. The molecule has 0 saturated carbocycles. The minimum Gasteiger partial charge on any atom is -0.354 e. The Morgan fingerprint density at radius 3 is 2.90 bits per heavy atom. The number of hydrogen-bond donors (Lipinski definition) is 1. The van der Waals surface area contributed by atoms with Crippen LogP contribution in [0, 0.1) is 10.1 Å². The van der Waals surface area contributed by atoms with Crippen LogP contribution in [0.2, 0.25) is 0 Å². The molecule has 0 unspecified atom stereocenters. The second-order valence-electron chi connectivity index (χ2n) is 4.10. The zero-order chi connectivity index (χ0) is 15.2. The minimum atomic E-state index is -0.395. The maximum atomic E-state index is 11.0. The molecule has 110 valence electrons. The van der Waals surface area contributed by atoms with Crippen LogP contribution in [0.4, 0.5) is 11.6 Å². The molecular weight excluding hydrogens is 356 g/mol. The van der Waals surface area contributed by atoms with Gasteiger partial charge in [0.15, 0.2) is 0 Å². The summed E-state index contributed by atoms with van der Waals surface area (Å²) in [6, 6.07) is 6.59. The number of nitro benzene ring substituents is 1. The SMILES string of the molecule is CCCNc1ncc(Br)c(Sc2ccccc2[N+](=O)[O-])n1. The zero-order valence-electron chi connectivity index (χ0n) is 11.2. The molecule has 0 saturated heterocycles. The smallest absolute Gasteiger partial charge is 0.283 e. The van der Waals surface area contributed by atoms with Gasteiger partial charge in [-0.2, -0.15) is 0 Å². The summed E-state index contributed by atoms with van der Waals surface area (Å²) in [6.45, 7) is 2.83. The van der Waals surface area contributed by atoms with Gasteiger partial charge >= 0.3 is 0 Å². The number of benzene rings is 1. The van der Waals surface area contributed by atoms with E-state index in [-0.39, 0.29) is 5.69 Å². The molecule has 0 bridgehead atoms. The molecule has 8 heteroatoms. The molecule has 1 heterocycles. The van der Waals surface area contributed by atoms with Crippen LogP contribution in [-0.4, -0.2) is 21.4 Å². The van der Waals surface area contributed by atoms with E-state index < -0.39 is 4.92 Å². The summed E-state index contributed by atoms with van der Waals surface area (Å²) < 4.78 is 0.702. The van der Waals surface area contributed by atoms with E-state index in [1.165, 1.54) is 17.8 Å². The molecule has 21 heavy (non-hydrogen) atoms. The van der Waals surface area contributed by atoms with Crippen LogP contribution < -0.4 is 5.32 Å². The average molecular weight is 369 g/mol. The van der Waals surface area contributed by atoms with Gasteiger partial charge in [0, 0.05) is 18.8 Å². The van der Waals surface area contributed by atoms with E-state index in [9.17, 15) is 10.1 Å². The summed E-state index contributed by atoms with van der Waals surface area (Å²) in [5, 5.41) is 14.8. The molecule has 6 nitrogen and oxygen atoms in total. The van der Waals surface area contributed by atoms with E-state index in [1.54, 1.807) is 24.4 Å². The van der Waals surface area contributed by atoms with Gasteiger partial charge in [-0.25, -0.2) is 9.97 Å². The zero-order valence-corrected chi connectivity index (χ0v) is 13.6. The van der Waals surface area contributed by atoms with Gasteiger partial charge in [-0.15, -0.1) is 0 Å². The summed E-state index contributed by atoms with van der Waals surface area (Å²) >= 11 is 4.61. The van der Waals surface area contributed by atoms with E-state index in [0.717, 1.165) is 13.0 Å². The van der Waals surface area contributed by atoms with Crippen molar-refractivity contribution >= 4 is 39.3 Å². The number of rotatable bonds is 6. The summed E-state index contributed by atoms with van der Waals surface area (Å²) in [6.07, 6.45) is 2.61. The van der Waals surface area contributed by atoms with Crippen molar-refractivity contribution < 1.29 is 4.92 Å². The third-order valence-corrected chi connectivity index (χ3v) is 4.43. The number of nitro groups is 1. The quantitative estimate of drug-likeness (QED) is 0.469. The Labute approximate surface area is 134 Å². The van der Waals surface area contributed by atoms with Crippen LogP contribution in [0.5, 0.6) is 0 Å². The molecular formula is C13H13BrN4O2S. The Bertz CT molecular complexity index is 654. The van der Waals surface area contributed by atoms with Crippen molar-refractivity contribution in [2.45, 2.75) is 23.3 Å². The predicted octanol–water partition coefficient (Wildman–Crippen LogP) is 4.12. The van der Waals surface area contributed by atoms with Crippen LogP contribution in [0.25, 0.3) is 0 Å².